The van der Waals surface area contributed by atoms with E-state index in [1.807, 2.05) is 45.3 Å². The Labute approximate surface area is 167 Å². The monoisotopic (exact) mass is 381 g/mol. The van der Waals surface area contributed by atoms with E-state index >= 15 is 0 Å². The minimum Gasteiger partial charge on any atom is -0.444 e. The smallest absolute Gasteiger partial charge is 0.407 e. The van der Waals surface area contributed by atoms with Crippen molar-refractivity contribution in [3.8, 4) is 11.1 Å². The van der Waals surface area contributed by atoms with Gasteiger partial charge >= 0.3 is 6.09 Å². The van der Waals surface area contributed by atoms with Gasteiger partial charge in [-0.3, -0.25) is 4.98 Å². The number of aromatic nitrogens is 1. The molecule has 1 aliphatic carbocycles. The van der Waals surface area contributed by atoms with Crippen molar-refractivity contribution in [1.82, 2.24) is 15.6 Å². The van der Waals surface area contributed by atoms with Gasteiger partial charge in [0.25, 0.3) is 0 Å². The summed E-state index contributed by atoms with van der Waals surface area (Å²) < 4.78 is 5.35. The Balaban J connectivity index is 1.44. The standard InChI is InChI=1S/C23H31N3O2/c1-23(2,3)28-22(27)26-21-9-7-20(8-10-21)25-16-17-5-4-6-19(15-17)18-11-13-24-14-12-18/h4-6,11-15,20-21,25H,7-10,16H2,1-3H3,(H,26,27). The lowest BCUT2D eigenvalue weighted by Gasteiger charge is -2.30. The molecule has 150 valence electrons. The zero-order chi connectivity index (χ0) is 20.0. The first-order valence-electron chi connectivity index (χ1n) is 10.1. The topological polar surface area (TPSA) is 63.2 Å². The van der Waals surface area contributed by atoms with Crippen LogP contribution in [0.15, 0.2) is 48.8 Å². The first kappa shape index (κ1) is 20.3. The van der Waals surface area contributed by atoms with E-state index in [1.54, 1.807) is 0 Å². The fourth-order valence-electron chi connectivity index (χ4n) is 3.58. The number of hydrogen-bond donors (Lipinski definition) is 2. The van der Waals surface area contributed by atoms with Gasteiger partial charge in [0, 0.05) is 31.0 Å². The Kier molecular flexibility index (Phi) is 6.68. The molecule has 28 heavy (non-hydrogen) atoms. The molecule has 1 amide bonds. The number of carbonyl (C=O) groups is 1. The summed E-state index contributed by atoms with van der Waals surface area (Å²) in [7, 11) is 0. The molecule has 0 aliphatic heterocycles. The first-order chi connectivity index (χ1) is 13.4. The van der Waals surface area contributed by atoms with Crippen LogP contribution >= 0.6 is 0 Å². The molecule has 0 unspecified atom stereocenters. The van der Waals surface area contributed by atoms with Crippen molar-refractivity contribution in [2.75, 3.05) is 0 Å². The van der Waals surface area contributed by atoms with Gasteiger partial charge in [-0.2, -0.15) is 0 Å². The van der Waals surface area contributed by atoms with Crippen molar-refractivity contribution in [3.05, 3.63) is 54.4 Å². The summed E-state index contributed by atoms with van der Waals surface area (Å²) in [6, 6.07) is 13.4. The summed E-state index contributed by atoms with van der Waals surface area (Å²) in [4.78, 5) is 16.0. The van der Waals surface area contributed by atoms with Gasteiger partial charge in [-0.15, -0.1) is 0 Å². The van der Waals surface area contributed by atoms with Gasteiger partial charge < -0.3 is 15.4 Å². The highest BCUT2D eigenvalue weighted by Crippen LogP contribution is 2.22. The van der Waals surface area contributed by atoms with Crippen LogP contribution in [0.1, 0.15) is 52.0 Å². The van der Waals surface area contributed by atoms with Crippen molar-refractivity contribution in [3.63, 3.8) is 0 Å². The number of nitrogens with one attached hydrogen (secondary N) is 2. The summed E-state index contributed by atoms with van der Waals surface area (Å²) >= 11 is 0. The summed E-state index contributed by atoms with van der Waals surface area (Å²) in [6.45, 7) is 6.51. The van der Waals surface area contributed by atoms with Crippen LogP contribution in [0.3, 0.4) is 0 Å². The number of benzene rings is 1. The first-order valence-corrected chi connectivity index (χ1v) is 10.1. The molecular formula is C23H31N3O2. The lowest BCUT2D eigenvalue weighted by Crippen LogP contribution is -2.43. The second-order valence-electron chi connectivity index (χ2n) is 8.51. The number of pyridine rings is 1. The van der Waals surface area contributed by atoms with Crippen molar-refractivity contribution < 1.29 is 9.53 Å². The highest BCUT2D eigenvalue weighted by molar-refractivity contribution is 5.68. The highest BCUT2D eigenvalue weighted by Gasteiger charge is 2.24. The van der Waals surface area contributed by atoms with Gasteiger partial charge in [-0.05, 0) is 81.3 Å². The number of ether oxygens (including phenoxy) is 1. The second kappa shape index (κ2) is 9.20. The number of nitrogens with zero attached hydrogens (tertiary/aromatic N) is 1. The Morgan fingerprint density at radius 1 is 1.04 bits per heavy atom. The van der Waals surface area contributed by atoms with E-state index in [9.17, 15) is 4.79 Å². The minimum atomic E-state index is -0.451. The SMILES string of the molecule is CC(C)(C)OC(=O)NC1CCC(NCc2cccc(-c3ccncc3)c2)CC1. The highest BCUT2D eigenvalue weighted by atomic mass is 16.6. The molecule has 1 aliphatic rings. The second-order valence-corrected chi connectivity index (χ2v) is 8.51. The molecule has 5 nitrogen and oxygen atoms in total. The van der Waals surface area contributed by atoms with E-state index in [1.165, 1.54) is 16.7 Å². The Hall–Kier alpha value is -2.40. The summed E-state index contributed by atoms with van der Waals surface area (Å²) in [6.07, 6.45) is 7.42. The Bertz CT molecular complexity index is 763. The normalized spacial score (nSPS) is 19.8. The van der Waals surface area contributed by atoms with Crippen LogP contribution in [-0.4, -0.2) is 28.8 Å². The number of carbonyl (C=O) groups excluding carboxylic acids is 1. The number of amides is 1. The predicted molar refractivity (Wildman–Crippen MR) is 112 cm³/mol. The molecule has 3 rings (SSSR count). The molecule has 0 bridgehead atoms. The quantitative estimate of drug-likeness (QED) is 0.790. The molecule has 0 atom stereocenters. The molecule has 1 fully saturated rings. The van der Waals surface area contributed by atoms with E-state index in [2.05, 4.69) is 39.9 Å². The molecule has 0 spiro atoms. The van der Waals surface area contributed by atoms with Gasteiger partial charge in [0.05, 0.1) is 0 Å². The van der Waals surface area contributed by atoms with E-state index in [0.717, 1.165) is 32.2 Å². The molecule has 1 heterocycles. The number of alkyl carbamates (subject to hydrolysis) is 1. The third kappa shape index (κ3) is 6.34. The Morgan fingerprint density at radius 3 is 2.39 bits per heavy atom. The van der Waals surface area contributed by atoms with Crippen LogP contribution < -0.4 is 10.6 Å². The van der Waals surface area contributed by atoms with Crippen LogP contribution in [0.25, 0.3) is 11.1 Å². The number of hydrogen-bond acceptors (Lipinski definition) is 4. The molecule has 5 heteroatoms. The summed E-state index contributed by atoms with van der Waals surface area (Å²) in [5.41, 5.74) is 3.23. The number of rotatable bonds is 5. The third-order valence-corrected chi connectivity index (χ3v) is 4.98. The van der Waals surface area contributed by atoms with Gasteiger partial charge in [0.15, 0.2) is 0 Å². The van der Waals surface area contributed by atoms with Crippen molar-refractivity contribution >= 4 is 6.09 Å². The van der Waals surface area contributed by atoms with E-state index in [-0.39, 0.29) is 12.1 Å². The maximum Gasteiger partial charge on any atom is 0.407 e. The lowest BCUT2D eigenvalue weighted by molar-refractivity contribution is 0.0489. The zero-order valence-corrected chi connectivity index (χ0v) is 17.1. The van der Waals surface area contributed by atoms with Crippen LogP contribution in [0, 0.1) is 0 Å². The van der Waals surface area contributed by atoms with Gasteiger partial charge in [0.1, 0.15) is 5.60 Å². The van der Waals surface area contributed by atoms with E-state index in [0.29, 0.717) is 6.04 Å². The maximum atomic E-state index is 11.9. The van der Waals surface area contributed by atoms with Crippen molar-refractivity contribution in [2.45, 2.75) is 70.7 Å². The lowest BCUT2D eigenvalue weighted by atomic mass is 9.91. The predicted octanol–water partition coefficient (Wildman–Crippen LogP) is 4.67. The van der Waals surface area contributed by atoms with E-state index in [4.69, 9.17) is 4.74 Å². The molecule has 2 N–H and O–H groups in total. The fraction of sp³-hybridized carbons (Fsp3) is 0.478. The van der Waals surface area contributed by atoms with Gasteiger partial charge in [0.2, 0.25) is 0 Å². The van der Waals surface area contributed by atoms with Crippen LogP contribution in [0.4, 0.5) is 4.79 Å². The minimum absolute atomic E-state index is 0.211. The summed E-state index contributed by atoms with van der Waals surface area (Å²) in [5.74, 6) is 0. The summed E-state index contributed by atoms with van der Waals surface area (Å²) in [5, 5.41) is 6.67. The van der Waals surface area contributed by atoms with Crippen LogP contribution in [-0.2, 0) is 11.3 Å². The van der Waals surface area contributed by atoms with Crippen LogP contribution in [0.2, 0.25) is 0 Å². The van der Waals surface area contributed by atoms with Gasteiger partial charge in [-0.25, -0.2) is 4.79 Å². The molecular weight excluding hydrogens is 350 g/mol. The molecule has 2 aromatic rings. The molecule has 0 radical (unpaired) electrons. The van der Waals surface area contributed by atoms with Crippen LogP contribution in [0.5, 0.6) is 0 Å². The molecule has 1 aromatic carbocycles. The Morgan fingerprint density at radius 2 is 1.71 bits per heavy atom. The molecule has 1 saturated carbocycles. The largest absolute Gasteiger partial charge is 0.444 e. The van der Waals surface area contributed by atoms with E-state index < -0.39 is 5.60 Å². The van der Waals surface area contributed by atoms with Gasteiger partial charge in [-0.1, -0.05) is 18.2 Å². The fourth-order valence-corrected chi connectivity index (χ4v) is 3.58. The van der Waals surface area contributed by atoms with Crippen molar-refractivity contribution in [1.29, 1.82) is 0 Å². The molecule has 1 aromatic heterocycles. The van der Waals surface area contributed by atoms with Crippen molar-refractivity contribution in [2.24, 2.45) is 0 Å². The third-order valence-electron chi connectivity index (χ3n) is 4.98. The molecule has 0 saturated heterocycles. The zero-order valence-electron chi connectivity index (χ0n) is 17.1. The maximum absolute atomic E-state index is 11.9. The average Bonchev–Trinajstić information content (AvgIpc) is 2.67. The average molecular weight is 382 g/mol.